The molecule has 0 saturated heterocycles. The largest absolute Gasteiger partial charge is 0.363 e. The Balaban J connectivity index is 4.63. The summed E-state index contributed by atoms with van der Waals surface area (Å²) in [6.07, 6.45) is 0. The fourth-order valence-corrected chi connectivity index (χ4v) is 0.327. The van der Waals surface area contributed by atoms with Crippen LogP contribution in [-0.2, 0) is 24.0 Å². The summed E-state index contributed by atoms with van der Waals surface area (Å²) >= 11 is 0. The Hall–Kier alpha value is -2.05. The molecule has 0 radical (unpaired) electrons. The molecule has 7 heteroatoms. The van der Waals surface area contributed by atoms with Gasteiger partial charge in [-0.3, -0.25) is 24.0 Å². The van der Waals surface area contributed by atoms with E-state index in [-0.39, 0.29) is 0 Å². The van der Waals surface area contributed by atoms with Gasteiger partial charge in [0.25, 0.3) is 29.2 Å². The van der Waals surface area contributed by atoms with Crippen LogP contribution < -0.4 is 11.5 Å². The Bertz CT molecular complexity index is 264. The summed E-state index contributed by atoms with van der Waals surface area (Å²) in [4.78, 5) is 51.1. The molecule has 12 heavy (non-hydrogen) atoms. The second-order valence-corrected chi connectivity index (χ2v) is 1.72. The SMILES string of the molecule is NC(=O)C(=O)C(=O)C(=O)C(N)=O. The molecule has 0 aliphatic heterocycles. The number of Topliss-reactive ketones (excluding diaryl/α,β-unsaturated/α-hetero) is 3. The molecule has 0 fully saturated rings. The second kappa shape index (κ2) is 3.37. The smallest absolute Gasteiger partial charge is 0.294 e. The fourth-order valence-electron chi connectivity index (χ4n) is 0.327. The van der Waals surface area contributed by atoms with Crippen LogP contribution in [0.1, 0.15) is 0 Å². The third-order valence-electron chi connectivity index (χ3n) is 0.860. The molecule has 0 atom stereocenters. The quantitative estimate of drug-likeness (QED) is 0.337. The number of hydrogen-bond donors (Lipinski definition) is 2. The van der Waals surface area contributed by atoms with Crippen LogP contribution >= 0.6 is 0 Å². The van der Waals surface area contributed by atoms with Gasteiger partial charge in [-0.25, -0.2) is 0 Å². The third-order valence-corrected chi connectivity index (χ3v) is 0.860. The molecule has 0 spiro atoms. The monoisotopic (exact) mass is 172 g/mol. The molecule has 0 bridgehead atoms. The van der Waals surface area contributed by atoms with Crippen molar-refractivity contribution in [2.75, 3.05) is 0 Å². The van der Waals surface area contributed by atoms with E-state index < -0.39 is 29.2 Å². The molecule has 0 saturated carbocycles. The minimum atomic E-state index is -1.81. The second-order valence-electron chi connectivity index (χ2n) is 1.72. The lowest BCUT2D eigenvalue weighted by Gasteiger charge is -1.90. The summed E-state index contributed by atoms with van der Waals surface area (Å²) in [6.45, 7) is 0. The molecule has 0 aliphatic rings. The van der Waals surface area contributed by atoms with Gasteiger partial charge in [0.2, 0.25) is 0 Å². The van der Waals surface area contributed by atoms with Gasteiger partial charge in [-0.15, -0.1) is 0 Å². The first kappa shape index (κ1) is 9.95. The van der Waals surface area contributed by atoms with Crippen molar-refractivity contribution in [2.24, 2.45) is 11.5 Å². The molecule has 0 heterocycles. The molecule has 0 rings (SSSR count). The molecule has 0 aromatic heterocycles. The Morgan fingerprint density at radius 2 is 0.833 bits per heavy atom. The predicted molar refractivity (Wildman–Crippen MR) is 33.4 cm³/mol. The van der Waals surface area contributed by atoms with Gasteiger partial charge in [0.15, 0.2) is 0 Å². The lowest BCUT2D eigenvalue weighted by atomic mass is 10.1. The number of carbonyl (C=O) groups excluding carboxylic acids is 5. The molecular formula is C5H4N2O5. The topological polar surface area (TPSA) is 137 Å². The van der Waals surface area contributed by atoms with Crippen LogP contribution in [0, 0.1) is 0 Å². The first-order chi connectivity index (χ1) is 5.37. The lowest BCUT2D eigenvalue weighted by molar-refractivity contribution is -0.150. The van der Waals surface area contributed by atoms with Gasteiger partial charge in [-0.1, -0.05) is 0 Å². The Morgan fingerprint density at radius 1 is 0.583 bits per heavy atom. The number of rotatable bonds is 4. The highest BCUT2D eigenvalue weighted by molar-refractivity contribution is 6.86. The van der Waals surface area contributed by atoms with E-state index in [1.807, 2.05) is 0 Å². The summed E-state index contributed by atoms with van der Waals surface area (Å²) in [5, 5.41) is 0. The van der Waals surface area contributed by atoms with E-state index in [0.29, 0.717) is 0 Å². The van der Waals surface area contributed by atoms with Gasteiger partial charge < -0.3 is 11.5 Å². The molecule has 2 amide bonds. The van der Waals surface area contributed by atoms with Gasteiger partial charge in [-0.2, -0.15) is 0 Å². The number of amides is 2. The van der Waals surface area contributed by atoms with Crippen molar-refractivity contribution in [3.63, 3.8) is 0 Å². The van der Waals surface area contributed by atoms with Crippen LogP contribution in [-0.4, -0.2) is 29.2 Å². The van der Waals surface area contributed by atoms with Crippen molar-refractivity contribution in [1.82, 2.24) is 0 Å². The molecule has 0 aromatic carbocycles. The summed E-state index contributed by atoms with van der Waals surface area (Å²) in [7, 11) is 0. The molecule has 0 aromatic rings. The summed E-state index contributed by atoms with van der Waals surface area (Å²) < 4.78 is 0. The highest BCUT2D eigenvalue weighted by Crippen LogP contribution is 1.79. The van der Waals surface area contributed by atoms with Gasteiger partial charge in [-0.05, 0) is 0 Å². The van der Waals surface area contributed by atoms with Gasteiger partial charge in [0.05, 0.1) is 0 Å². The van der Waals surface area contributed by atoms with Crippen LogP contribution in [0.4, 0.5) is 0 Å². The Morgan fingerprint density at radius 3 is 1.00 bits per heavy atom. The zero-order valence-corrected chi connectivity index (χ0v) is 5.70. The van der Waals surface area contributed by atoms with E-state index in [4.69, 9.17) is 0 Å². The van der Waals surface area contributed by atoms with Gasteiger partial charge in [0, 0.05) is 0 Å². The van der Waals surface area contributed by atoms with E-state index in [0.717, 1.165) is 0 Å². The highest BCUT2D eigenvalue weighted by Gasteiger charge is 2.30. The maximum Gasteiger partial charge on any atom is 0.294 e. The maximum absolute atomic E-state index is 10.4. The predicted octanol–water partition coefficient (Wildman–Crippen LogP) is -3.34. The van der Waals surface area contributed by atoms with E-state index in [2.05, 4.69) is 11.5 Å². The Labute approximate surface area is 65.7 Å². The zero-order chi connectivity index (χ0) is 9.89. The number of primary amides is 2. The molecule has 0 aliphatic carbocycles. The molecule has 7 nitrogen and oxygen atoms in total. The molecule has 4 N–H and O–H groups in total. The van der Waals surface area contributed by atoms with Crippen molar-refractivity contribution >= 4 is 29.2 Å². The average Bonchev–Trinajstić information content (AvgIpc) is 2.00. The average molecular weight is 172 g/mol. The minimum Gasteiger partial charge on any atom is -0.363 e. The standard InChI is InChI=1S/C5H4N2O5/c6-4(11)2(9)1(8)3(10)5(7)12/h(H2,6,11)(H2,7,12). The van der Waals surface area contributed by atoms with Crippen molar-refractivity contribution in [3.8, 4) is 0 Å². The van der Waals surface area contributed by atoms with Crippen molar-refractivity contribution < 1.29 is 24.0 Å². The van der Waals surface area contributed by atoms with Crippen LogP contribution in [0.5, 0.6) is 0 Å². The zero-order valence-electron chi connectivity index (χ0n) is 5.70. The van der Waals surface area contributed by atoms with Crippen molar-refractivity contribution in [1.29, 1.82) is 0 Å². The normalized spacial score (nSPS) is 8.67. The van der Waals surface area contributed by atoms with E-state index in [9.17, 15) is 24.0 Å². The van der Waals surface area contributed by atoms with Gasteiger partial charge >= 0.3 is 0 Å². The molecular weight excluding hydrogens is 168 g/mol. The fraction of sp³-hybridized carbons (Fsp3) is 0. The highest BCUT2D eigenvalue weighted by atomic mass is 16.2. The van der Waals surface area contributed by atoms with Crippen LogP contribution in [0.2, 0.25) is 0 Å². The van der Waals surface area contributed by atoms with Crippen LogP contribution in [0.25, 0.3) is 0 Å². The Kier molecular flexibility index (Phi) is 2.80. The van der Waals surface area contributed by atoms with Gasteiger partial charge in [0.1, 0.15) is 0 Å². The summed E-state index contributed by atoms with van der Waals surface area (Å²) in [6, 6.07) is 0. The summed E-state index contributed by atoms with van der Waals surface area (Å²) in [5.74, 6) is -8.52. The van der Waals surface area contributed by atoms with E-state index in [1.54, 1.807) is 0 Å². The van der Waals surface area contributed by atoms with Crippen LogP contribution in [0.3, 0.4) is 0 Å². The lowest BCUT2D eigenvalue weighted by Crippen LogP contribution is -2.40. The first-order valence-electron chi connectivity index (χ1n) is 2.60. The summed E-state index contributed by atoms with van der Waals surface area (Å²) in [5.41, 5.74) is 8.72. The molecule has 0 unspecified atom stereocenters. The van der Waals surface area contributed by atoms with Crippen molar-refractivity contribution in [2.45, 2.75) is 0 Å². The minimum absolute atomic E-state index is 1.60. The number of nitrogens with two attached hydrogens (primary N) is 2. The van der Waals surface area contributed by atoms with Crippen LogP contribution in [0.15, 0.2) is 0 Å². The first-order valence-corrected chi connectivity index (χ1v) is 2.60. The number of carbonyl (C=O) groups is 5. The van der Waals surface area contributed by atoms with E-state index >= 15 is 0 Å². The van der Waals surface area contributed by atoms with E-state index in [1.165, 1.54) is 0 Å². The number of hydrogen-bond acceptors (Lipinski definition) is 5. The third kappa shape index (κ3) is 1.97. The molecule has 64 valence electrons. The van der Waals surface area contributed by atoms with Crippen molar-refractivity contribution in [3.05, 3.63) is 0 Å². The number of ketones is 3. The maximum atomic E-state index is 10.4.